The van der Waals surface area contributed by atoms with Gasteiger partial charge < -0.3 is 4.74 Å². The van der Waals surface area contributed by atoms with Crippen LogP contribution >= 0.6 is 0 Å². The second kappa shape index (κ2) is 8.93. The Morgan fingerprint density at radius 2 is 1.13 bits per heavy atom. The Balaban J connectivity index is 1.47. The topological polar surface area (TPSA) is 77.5 Å². The lowest BCUT2D eigenvalue weighted by Crippen LogP contribution is -2.45. The van der Waals surface area contributed by atoms with E-state index in [1.165, 1.54) is 11.1 Å². The van der Waals surface area contributed by atoms with E-state index in [9.17, 15) is 16.8 Å². The van der Waals surface area contributed by atoms with Crippen LogP contribution in [-0.2, 0) is 19.7 Å². The molecule has 0 aliphatic heterocycles. The fourth-order valence-corrected chi connectivity index (χ4v) is 12.8. The number of benzene rings is 3. The van der Waals surface area contributed by atoms with Crippen LogP contribution in [0.25, 0.3) is 6.08 Å². The third-order valence-corrected chi connectivity index (χ3v) is 13.9. The smallest absolute Gasteiger partial charge is 0.183 e. The molecule has 6 atom stereocenters. The Morgan fingerprint density at radius 1 is 0.667 bits per heavy atom. The molecule has 5 nitrogen and oxygen atoms in total. The third-order valence-electron chi connectivity index (χ3n) is 9.32. The molecule has 2 saturated carbocycles. The van der Waals surface area contributed by atoms with E-state index in [4.69, 9.17) is 4.74 Å². The van der Waals surface area contributed by atoms with Gasteiger partial charge in [0.25, 0.3) is 0 Å². The Hall–Kier alpha value is -3.16. The van der Waals surface area contributed by atoms with E-state index in [0.29, 0.717) is 11.8 Å². The van der Waals surface area contributed by atoms with Crippen molar-refractivity contribution in [3.63, 3.8) is 0 Å². The highest BCUT2D eigenvalue weighted by Gasteiger charge is 2.67. The van der Waals surface area contributed by atoms with Crippen LogP contribution in [0.4, 0.5) is 0 Å². The Labute approximate surface area is 230 Å². The van der Waals surface area contributed by atoms with Gasteiger partial charge in [0, 0.05) is 11.8 Å². The van der Waals surface area contributed by atoms with Crippen molar-refractivity contribution >= 4 is 25.8 Å². The lowest BCUT2D eigenvalue weighted by atomic mass is 9.82. The molecule has 7 heteroatoms. The van der Waals surface area contributed by atoms with E-state index in [1.54, 1.807) is 67.8 Å². The maximum Gasteiger partial charge on any atom is 0.183 e. The Bertz CT molecular complexity index is 1600. The van der Waals surface area contributed by atoms with Gasteiger partial charge in [0.05, 0.1) is 27.4 Å². The number of sulfone groups is 2. The van der Waals surface area contributed by atoms with Gasteiger partial charge in [-0.1, -0.05) is 71.3 Å². The van der Waals surface area contributed by atoms with Crippen LogP contribution in [-0.4, -0.2) is 34.4 Å². The van der Waals surface area contributed by atoms with Crippen molar-refractivity contribution < 1.29 is 21.6 Å². The first-order valence-electron chi connectivity index (χ1n) is 13.5. The highest BCUT2D eigenvalue weighted by atomic mass is 32.2. The molecule has 0 amide bonds. The van der Waals surface area contributed by atoms with Crippen LogP contribution in [0.5, 0.6) is 5.75 Å². The van der Waals surface area contributed by atoms with Gasteiger partial charge in [-0.15, -0.1) is 0 Å². The number of hydrogen-bond donors (Lipinski definition) is 0. The van der Waals surface area contributed by atoms with E-state index in [1.807, 2.05) is 24.3 Å². The van der Waals surface area contributed by atoms with Crippen molar-refractivity contribution in [3.8, 4) is 5.75 Å². The molecule has 7 rings (SSSR count). The third kappa shape index (κ3) is 3.62. The molecule has 0 spiro atoms. The molecule has 39 heavy (non-hydrogen) atoms. The quantitative estimate of drug-likeness (QED) is 0.284. The Morgan fingerprint density at radius 3 is 1.56 bits per heavy atom. The minimum absolute atomic E-state index is 0.185. The van der Waals surface area contributed by atoms with E-state index in [-0.39, 0.29) is 9.79 Å². The van der Waals surface area contributed by atoms with Gasteiger partial charge in [0.1, 0.15) is 5.75 Å². The van der Waals surface area contributed by atoms with Gasteiger partial charge in [-0.25, -0.2) is 16.8 Å². The second-order valence-corrected chi connectivity index (χ2v) is 15.3. The molecule has 200 valence electrons. The first-order chi connectivity index (χ1) is 18.8. The van der Waals surface area contributed by atoms with Crippen molar-refractivity contribution in [2.75, 3.05) is 7.11 Å². The highest BCUT2D eigenvalue weighted by Crippen LogP contribution is 2.68. The predicted molar refractivity (Wildman–Crippen MR) is 151 cm³/mol. The molecule has 0 saturated heterocycles. The summed E-state index contributed by atoms with van der Waals surface area (Å²) in [6.07, 6.45) is 5.18. The largest absolute Gasteiger partial charge is 0.497 e. The number of rotatable bonds is 6. The molecule has 0 aromatic heterocycles. The monoisotopic (exact) mass is 558 g/mol. The zero-order valence-corrected chi connectivity index (χ0v) is 23.2. The van der Waals surface area contributed by atoms with Crippen LogP contribution in [0, 0.1) is 23.7 Å². The molecule has 4 aliphatic carbocycles. The summed E-state index contributed by atoms with van der Waals surface area (Å²) in [6, 6.07) is 24.4. The molecule has 0 heterocycles. The molecule has 0 unspecified atom stereocenters. The van der Waals surface area contributed by atoms with Crippen molar-refractivity contribution in [1.82, 2.24) is 0 Å². The van der Waals surface area contributed by atoms with Crippen LogP contribution in [0.1, 0.15) is 24.8 Å². The predicted octanol–water partition coefficient (Wildman–Crippen LogP) is 5.75. The first-order valence-corrected chi connectivity index (χ1v) is 16.6. The summed E-state index contributed by atoms with van der Waals surface area (Å²) >= 11 is 0. The zero-order chi connectivity index (χ0) is 26.9. The lowest BCUT2D eigenvalue weighted by molar-refractivity contribution is 0.415. The summed E-state index contributed by atoms with van der Waals surface area (Å²) in [7, 11) is -6.33. The summed E-state index contributed by atoms with van der Waals surface area (Å²) in [4.78, 5) is 0.370. The molecule has 0 N–H and O–H groups in total. The number of ether oxygens (including phenoxy) is 1. The van der Waals surface area contributed by atoms with E-state index >= 15 is 0 Å². The summed E-state index contributed by atoms with van der Waals surface area (Å²) in [5, 5.41) is -2.14. The van der Waals surface area contributed by atoms with E-state index in [0.717, 1.165) is 36.1 Å². The number of allylic oxidation sites excluding steroid dienone is 3. The van der Waals surface area contributed by atoms with Crippen molar-refractivity contribution in [2.45, 2.75) is 39.6 Å². The van der Waals surface area contributed by atoms with Crippen molar-refractivity contribution in [3.05, 3.63) is 107 Å². The molecule has 4 bridgehead atoms. The van der Waals surface area contributed by atoms with Crippen molar-refractivity contribution in [1.29, 1.82) is 0 Å². The van der Waals surface area contributed by atoms with Gasteiger partial charge in [-0.2, -0.15) is 0 Å². The maximum absolute atomic E-state index is 14.5. The molecule has 4 aliphatic rings. The maximum atomic E-state index is 14.5. The van der Waals surface area contributed by atoms with E-state index < -0.39 is 42.0 Å². The van der Waals surface area contributed by atoms with Crippen LogP contribution in [0.3, 0.4) is 0 Å². The van der Waals surface area contributed by atoms with Crippen molar-refractivity contribution in [2.24, 2.45) is 23.7 Å². The molecular formula is C32H30O5S2. The fraction of sp³-hybridized carbons (Fsp3) is 0.312. The second-order valence-electron chi connectivity index (χ2n) is 11.1. The standard InChI is InChI=1S/C32H30O5S2/c1-37-23-16-12-20(13-17-23)18-26-29-27-21-14-15-22(19-21)28(27)30(26)32(39(35,36)25-10-6-3-7-11-25)31(29)38(33,34)24-8-4-2-5-9-24/h2-13,16-18,21-22,29-32H,14-15,19H2,1H3/t21-,22-,29-,30-,31-,32+/m0/s1. The van der Waals surface area contributed by atoms with Crippen LogP contribution in [0.2, 0.25) is 0 Å². The van der Waals surface area contributed by atoms with Gasteiger partial charge in [0.2, 0.25) is 0 Å². The number of fused-ring (bicyclic) bond motifs is 8. The average Bonchev–Trinajstić information content (AvgIpc) is 3.73. The van der Waals surface area contributed by atoms with Gasteiger partial charge in [0.15, 0.2) is 19.7 Å². The van der Waals surface area contributed by atoms with Gasteiger partial charge in [-0.3, -0.25) is 0 Å². The van der Waals surface area contributed by atoms with E-state index in [2.05, 4.69) is 6.08 Å². The highest BCUT2D eigenvalue weighted by molar-refractivity contribution is 7.96. The SMILES string of the molecule is COc1ccc(C=C2[C@H]3C4=C([C@H]5CC[C@H]4C5)[C@H]2[C@H](S(=O)(=O)c2ccccc2)[C@@H]3S(=O)(=O)c2ccccc2)cc1. The first kappa shape index (κ1) is 24.9. The minimum Gasteiger partial charge on any atom is -0.497 e. The number of hydrogen-bond acceptors (Lipinski definition) is 5. The lowest BCUT2D eigenvalue weighted by Gasteiger charge is -2.35. The average molecular weight is 559 g/mol. The summed E-state index contributed by atoms with van der Waals surface area (Å²) in [6.45, 7) is 0. The molecule has 0 radical (unpaired) electrons. The Kier molecular flexibility index (Phi) is 5.69. The molecule has 3 aromatic carbocycles. The van der Waals surface area contributed by atoms with Crippen LogP contribution in [0.15, 0.2) is 111 Å². The molecule has 2 fully saturated rings. The van der Waals surface area contributed by atoms with Crippen LogP contribution < -0.4 is 4.74 Å². The van der Waals surface area contributed by atoms with Gasteiger partial charge in [-0.05, 0) is 73.1 Å². The summed E-state index contributed by atoms with van der Waals surface area (Å²) in [5.41, 5.74) is 4.30. The minimum atomic E-state index is -3.98. The molecular weight excluding hydrogens is 528 g/mol. The fourth-order valence-electron chi connectivity index (χ4n) is 7.87. The molecule has 3 aromatic rings. The zero-order valence-electron chi connectivity index (χ0n) is 21.6. The number of methoxy groups -OCH3 is 1. The summed E-state index contributed by atoms with van der Waals surface area (Å²) < 4.78 is 63.2. The normalized spacial score (nSPS) is 30.2. The van der Waals surface area contributed by atoms with Gasteiger partial charge >= 0.3 is 0 Å². The summed E-state index contributed by atoms with van der Waals surface area (Å²) in [5.74, 6) is 0.549.